The molecule has 136 valence electrons. The molecule has 0 unspecified atom stereocenters. The summed E-state index contributed by atoms with van der Waals surface area (Å²) in [4.78, 5) is 10.4. The molecule has 0 saturated carbocycles. The van der Waals surface area contributed by atoms with Crippen LogP contribution in [0.4, 0.5) is 5.69 Å². The third-order valence-electron chi connectivity index (χ3n) is 5.05. The number of nitrogens with one attached hydrogen (secondary N) is 1. The van der Waals surface area contributed by atoms with Crippen molar-refractivity contribution in [1.29, 1.82) is 0 Å². The molecular formula is C21H26N4O. The molecule has 0 atom stereocenters. The van der Waals surface area contributed by atoms with E-state index >= 15 is 0 Å². The molecule has 1 aliphatic heterocycles. The largest absolute Gasteiger partial charge is 0.398 e. The van der Waals surface area contributed by atoms with Crippen molar-refractivity contribution in [1.82, 2.24) is 14.9 Å². The summed E-state index contributed by atoms with van der Waals surface area (Å²) in [6.45, 7) is 6.81. The number of rotatable bonds is 5. The highest BCUT2D eigenvalue weighted by atomic mass is 16.5. The third-order valence-corrected chi connectivity index (χ3v) is 5.05. The molecule has 1 aromatic carbocycles. The number of nitrogens with two attached hydrogens (primary N) is 1. The average molecular weight is 350 g/mol. The lowest BCUT2D eigenvalue weighted by molar-refractivity contribution is 0.0342. The van der Waals surface area contributed by atoms with E-state index in [1.807, 2.05) is 6.20 Å². The minimum Gasteiger partial charge on any atom is -0.398 e. The van der Waals surface area contributed by atoms with Gasteiger partial charge in [-0.25, -0.2) is 4.98 Å². The summed E-state index contributed by atoms with van der Waals surface area (Å²) >= 11 is 0. The van der Waals surface area contributed by atoms with Crippen LogP contribution < -0.4 is 5.73 Å². The monoisotopic (exact) mass is 350 g/mol. The number of ether oxygens (including phenoxy) is 1. The van der Waals surface area contributed by atoms with Crippen molar-refractivity contribution >= 4 is 16.7 Å². The van der Waals surface area contributed by atoms with Crippen LogP contribution in [0.2, 0.25) is 0 Å². The Kier molecular flexibility index (Phi) is 4.91. The molecule has 5 nitrogen and oxygen atoms in total. The number of anilines is 1. The summed E-state index contributed by atoms with van der Waals surface area (Å²) in [5.41, 5.74) is 12.8. The maximum Gasteiger partial charge on any atom is 0.139 e. The van der Waals surface area contributed by atoms with Gasteiger partial charge in [0.1, 0.15) is 5.65 Å². The number of aromatic amines is 1. The highest BCUT2D eigenvalue weighted by Gasteiger charge is 2.13. The number of aryl methyl sites for hydroxylation is 1. The van der Waals surface area contributed by atoms with E-state index in [0.29, 0.717) is 0 Å². The number of nitrogen functional groups attached to an aromatic ring is 1. The van der Waals surface area contributed by atoms with Crippen molar-refractivity contribution < 1.29 is 4.74 Å². The highest BCUT2D eigenvalue weighted by molar-refractivity contribution is 5.97. The standard InChI is InChI=1S/C21H26N4O/c1-2-3-17-12-18-20(22)19(13-23-21(18)24-17)16-6-4-15(5-7-16)14-25-8-10-26-11-9-25/h4-7,12-13H,2-3,8-11,14H2,1H3,(H3,22,23,24). The molecule has 3 N–H and O–H groups in total. The minimum absolute atomic E-state index is 0.800. The summed E-state index contributed by atoms with van der Waals surface area (Å²) < 4.78 is 5.41. The maximum atomic E-state index is 6.47. The van der Waals surface area contributed by atoms with Crippen LogP contribution in [0.5, 0.6) is 0 Å². The van der Waals surface area contributed by atoms with E-state index < -0.39 is 0 Å². The first-order valence-corrected chi connectivity index (χ1v) is 9.40. The summed E-state index contributed by atoms with van der Waals surface area (Å²) in [6.07, 6.45) is 3.99. The predicted octanol–water partition coefficient (Wildman–Crippen LogP) is 3.60. The first kappa shape index (κ1) is 17.1. The van der Waals surface area contributed by atoms with Crippen LogP contribution in [0.3, 0.4) is 0 Å². The summed E-state index contributed by atoms with van der Waals surface area (Å²) in [5.74, 6) is 0. The van der Waals surface area contributed by atoms with Crippen molar-refractivity contribution in [3.8, 4) is 11.1 Å². The Morgan fingerprint density at radius 2 is 1.96 bits per heavy atom. The van der Waals surface area contributed by atoms with Gasteiger partial charge in [-0.15, -0.1) is 0 Å². The molecule has 2 aromatic heterocycles. The van der Waals surface area contributed by atoms with Gasteiger partial charge in [0, 0.05) is 42.5 Å². The number of benzene rings is 1. The minimum atomic E-state index is 0.800. The van der Waals surface area contributed by atoms with Crippen LogP contribution in [-0.2, 0) is 17.7 Å². The number of pyridine rings is 1. The fourth-order valence-electron chi connectivity index (χ4n) is 3.59. The van der Waals surface area contributed by atoms with Crippen molar-refractivity contribution in [3.05, 3.63) is 47.8 Å². The van der Waals surface area contributed by atoms with Gasteiger partial charge in [0.05, 0.1) is 18.9 Å². The Bertz CT molecular complexity index is 879. The van der Waals surface area contributed by atoms with Gasteiger partial charge in [-0.3, -0.25) is 4.90 Å². The number of nitrogens with zero attached hydrogens (tertiary/aromatic N) is 2. The molecule has 1 fully saturated rings. The zero-order valence-electron chi connectivity index (χ0n) is 15.3. The molecule has 26 heavy (non-hydrogen) atoms. The van der Waals surface area contributed by atoms with Gasteiger partial charge in [-0.2, -0.15) is 0 Å². The lowest BCUT2D eigenvalue weighted by Gasteiger charge is -2.26. The number of morpholine rings is 1. The highest BCUT2D eigenvalue weighted by Crippen LogP contribution is 2.32. The van der Waals surface area contributed by atoms with E-state index in [-0.39, 0.29) is 0 Å². The Hall–Kier alpha value is -2.37. The number of hydrogen-bond acceptors (Lipinski definition) is 4. The zero-order chi connectivity index (χ0) is 17.9. The van der Waals surface area contributed by atoms with Crippen LogP contribution >= 0.6 is 0 Å². The Morgan fingerprint density at radius 1 is 1.19 bits per heavy atom. The van der Waals surface area contributed by atoms with E-state index in [2.05, 4.69) is 52.1 Å². The fraction of sp³-hybridized carbons (Fsp3) is 0.381. The second kappa shape index (κ2) is 7.48. The molecule has 0 bridgehead atoms. The van der Waals surface area contributed by atoms with Gasteiger partial charge < -0.3 is 15.5 Å². The van der Waals surface area contributed by atoms with Crippen LogP contribution in [-0.4, -0.2) is 41.2 Å². The van der Waals surface area contributed by atoms with E-state index in [0.717, 1.165) is 73.5 Å². The Morgan fingerprint density at radius 3 is 2.69 bits per heavy atom. The molecule has 5 heteroatoms. The van der Waals surface area contributed by atoms with E-state index in [4.69, 9.17) is 10.5 Å². The van der Waals surface area contributed by atoms with Crippen LogP contribution in [0.1, 0.15) is 24.6 Å². The quantitative estimate of drug-likeness (QED) is 0.738. The number of fused-ring (bicyclic) bond motifs is 1. The summed E-state index contributed by atoms with van der Waals surface area (Å²) in [5, 5.41) is 1.02. The van der Waals surface area contributed by atoms with Crippen molar-refractivity contribution in [3.63, 3.8) is 0 Å². The molecule has 0 aliphatic carbocycles. The lowest BCUT2D eigenvalue weighted by Crippen LogP contribution is -2.35. The van der Waals surface area contributed by atoms with Crippen molar-refractivity contribution in [2.24, 2.45) is 0 Å². The number of H-pyrrole nitrogens is 1. The van der Waals surface area contributed by atoms with Gasteiger partial charge in [0.2, 0.25) is 0 Å². The van der Waals surface area contributed by atoms with Gasteiger partial charge in [-0.1, -0.05) is 37.6 Å². The predicted molar refractivity (Wildman–Crippen MR) is 106 cm³/mol. The second-order valence-corrected chi connectivity index (χ2v) is 6.98. The Balaban J connectivity index is 1.57. The van der Waals surface area contributed by atoms with Crippen molar-refractivity contribution in [2.45, 2.75) is 26.3 Å². The molecule has 4 rings (SSSR count). The SMILES string of the molecule is CCCc1cc2c(N)c(-c3ccc(CN4CCOCC4)cc3)cnc2[nH]1. The van der Waals surface area contributed by atoms with Gasteiger partial charge in [0.15, 0.2) is 0 Å². The lowest BCUT2D eigenvalue weighted by atomic mass is 10.0. The van der Waals surface area contributed by atoms with Gasteiger partial charge >= 0.3 is 0 Å². The van der Waals surface area contributed by atoms with Gasteiger partial charge in [-0.05, 0) is 23.6 Å². The first-order valence-electron chi connectivity index (χ1n) is 9.40. The number of aromatic nitrogens is 2. The van der Waals surface area contributed by atoms with E-state index in [1.54, 1.807) is 0 Å². The van der Waals surface area contributed by atoms with E-state index in [9.17, 15) is 0 Å². The van der Waals surface area contributed by atoms with Crippen molar-refractivity contribution in [2.75, 3.05) is 32.0 Å². The molecular weight excluding hydrogens is 324 g/mol. The van der Waals surface area contributed by atoms with Crippen LogP contribution in [0, 0.1) is 0 Å². The smallest absolute Gasteiger partial charge is 0.139 e. The van der Waals surface area contributed by atoms with E-state index in [1.165, 1.54) is 11.3 Å². The molecule has 0 spiro atoms. The first-order chi connectivity index (χ1) is 12.7. The Labute approximate surface area is 154 Å². The third kappa shape index (κ3) is 3.45. The molecule has 3 aromatic rings. The van der Waals surface area contributed by atoms with Gasteiger partial charge in [0.25, 0.3) is 0 Å². The average Bonchev–Trinajstić information content (AvgIpc) is 3.08. The topological polar surface area (TPSA) is 67.2 Å². The van der Waals surface area contributed by atoms with Crippen LogP contribution in [0.25, 0.3) is 22.2 Å². The molecule has 1 aliphatic rings. The number of hydrogen-bond donors (Lipinski definition) is 2. The molecule has 0 radical (unpaired) electrons. The second-order valence-electron chi connectivity index (χ2n) is 6.98. The molecule has 3 heterocycles. The van der Waals surface area contributed by atoms with Crippen LogP contribution in [0.15, 0.2) is 36.5 Å². The summed E-state index contributed by atoms with van der Waals surface area (Å²) in [6, 6.07) is 10.8. The zero-order valence-corrected chi connectivity index (χ0v) is 15.3. The maximum absolute atomic E-state index is 6.47. The normalized spacial score (nSPS) is 15.6. The fourth-order valence-corrected chi connectivity index (χ4v) is 3.59. The summed E-state index contributed by atoms with van der Waals surface area (Å²) in [7, 11) is 0. The molecule has 1 saturated heterocycles. The molecule has 0 amide bonds.